The van der Waals surface area contributed by atoms with Gasteiger partial charge in [-0.3, -0.25) is 5.10 Å². The Kier molecular flexibility index (Phi) is 11.9. The molecule has 0 fully saturated rings. The van der Waals surface area contributed by atoms with Crippen molar-refractivity contribution in [2.75, 3.05) is 0 Å². The fourth-order valence-corrected chi connectivity index (χ4v) is 3.97. The van der Waals surface area contributed by atoms with Gasteiger partial charge in [-0.15, -0.1) is 0 Å². The smallest absolute Gasteiger partial charge is 0.116 e. The number of nitrogens with zero attached hydrogens (tertiary/aromatic N) is 1. The van der Waals surface area contributed by atoms with Gasteiger partial charge in [-0.05, 0) is 73.6 Å². The lowest BCUT2D eigenvalue weighted by atomic mass is 9.98. The highest BCUT2D eigenvalue weighted by molar-refractivity contribution is 5.69. The Bertz CT molecular complexity index is 1400. The summed E-state index contributed by atoms with van der Waals surface area (Å²) in [6.45, 7) is 22.3. The van der Waals surface area contributed by atoms with Gasteiger partial charge in [0, 0.05) is 10.9 Å². The second kappa shape index (κ2) is 15.1. The van der Waals surface area contributed by atoms with Gasteiger partial charge in [0.25, 0.3) is 0 Å². The van der Waals surface area contributed by atoms with Gasteiger partial charge in [-0.1, -0.05) is 106 Å². The number of rotatable bonds is 10. The van der Waals surface area contributed by atoms with E-state index in [0.717, 1.165) is 57.2 Å². The molecule has 1 aromatic carbocycles. The van der Waals surface area contributed by atoms with E-state index < -0.39 is 0 Å². The van der Waals surface area contributed by atoms with Crippen LogP contribution in [0.3, 0.4) is 0 Å². The molecule has 2 N–H and O–H groups in total. The third-order valence-corrected chi connectivity index (χ3v) is 5.99. The monoisotopic (exact) mass is 491 g/mol. The van der Waals surface area contributed by atoms with E-state index in [1.54, 1.807) is 6.08 Å². The van der Waals surface area contributed by atoms with Gasteiger partial charge in [0.1, 0.15) is 5.69 Å². The van der Waals surface area contributed by atoms with E-state index in [1.165, 1.54) is 11.1 Å². The number of benzene rings is 1. The Balaban J connectivity index is 0.00000235. The summed E-state index contributed by atoms with van der Waals surface area (Å²) in [5.41, 5.74) is 8.52. The van der Waals surface area contributed by atoms with Gasteiger partial charge in [-0.2, -0.15) is 5.10 Å². The van der Waals surface area contributed by atoms with Crippen LogP contribution < -0.4 is 10.6 Å². The summed E-state index contributed by atoms with van der Waals surface area (Å²) in [5.74, 6) is 0. The second-order valence-corrected chi connectivity index (χ2v) is 8.37. The molecule has 0 saturated carbocycles. The first-order valence-corrected chi connectivity index (χ1v) is 12.9. The quantitative estimate of drug-likeness (QED) is 0.280. The molecule has 0 radical (unpaired) electrons. The Labute approximate surface area is 222 Å². The topological polar surface area (TPSA) is 44.5 Å². The SMILES string of the molecule is C=C/C=C\c1cc(-c2n[nH]c(=C/C)/c2=C\C(=C)C(/C=C(\C=C)CCc2ccccc2)=C/C)[nH]c1C.CC. The summed E-state index contributed by atoms with van der Waals surface area (Å²) < 4.78 is 0. The molecule has 37 heavy (non-hydrogen) atoms. The third-order valence-electron chi connectivity index (χ3n) is 5.99. The molecule has 3 rings (SSSR count). The Hall–Kier alpha value is -4.11. The minimum absolute atomic E-state index is 0.869. The lowest BCUT2D eigenvalue weighted by Crippen LogP contribution is -2.23. The van der Waals surface area contributed by atoms with Crippen molar-refractivity contribution in [3.8, 4) is 11.4 Å². The molecule has 2 aromatic heterocycles. The average Bonchev–Trinajstić information content (AvgIpc) is 3.51. The third kappa shape index (κ3) is 7.94. The molecule has 0 saturated heterocycles. The first-order chi connectivity index (χ1) is 18.0. The van der Waals surface area contributed by atoms with Crippen LogP contribution in [0.2, 0.25) is 0 Å². The summed E-state index contributed by atoms with van der Waals surface area (Å²) in [4.78, 5) is 3.47. The van der Waals surface area contributed by atoms with Crippen molar-refractivity contribution in [1.82, 2.24) is 15.2 Å². The number of allylic oxidation sites excluding steroid dienone is 8. The average molecular weight is 492 g/mol. The molecule has 2 heterocycles. The van der Waals surface area contributed by atoms with Crippen LogP contribution in [0, 0.1) is 6.92 Å². The molecule has 0 amide bonds. The van der Waals surface area contributed by atoms with Crippen LogP contribution in [0.1, 0.15) is 50.9 Å². The number of aryl methyl sites for hydroxylation is 2. The zero-order valence-corrected chi connectivity index (χ0v) is 23.1. The van der Waals surface area contributed by atoms with E-state index in [4.69, 9.17) is 0 Å². The lowest BCUT2D eigenvalue weighted by molar-refractivity contribution is 0.964. The van der Waals surface area contributed by atoms with Crippen LogP contribution in [-0.2, 0) is 6.42 Å². The Morgan fingerprint density at radius 1 is 1.08 bits per heavy atom. The number of H-pyrrole nitrogens is 2. The standard InChI is InChI=1S/C32H35N3.C2H6/c1-7-11-17-28-22-31(33-24(28)6)32-29(30(10-4)34-35-32)20-23(5)27(9-3)21-25(8-2)18-19-26-15-13-12-14-16-26;1-2/h7-17,20-22,33-34H,1-2,5,18-19H2,3-4,6H3;1-2H3/b17-11-,25-21+,27-9+,29-20+,30-10+;. The predicted octanol–water partition coefficient (Wildman–Crippen LogP) is 7.77. The molecule has 0 atom stereocenters. The highest BCUT2D eigenvalue weighted by atomic mass is 15.1. The minimum atomic E-state index is 0.869. The van der Waals surface area contributed by atoms with Crippen molar-refractivity contribution < 1.29 is 0 Å². The Morgan fingerprint density at radius 2 is 1.81 bits per heavy atom. The van der Waals surface area contributed by atoms with Crippen LogP contribution >= 0.6 is 0 Å². The maximum Gasteiger partial charge on any atom is 0.116 e. The fourth-order valence-electron chi connectivity index (χ4n) is 3.97. The highest BCUT2D eigenvalue weighted by Crippen LogP contribution is 2.20. The van der Waals surface area contributed by atoms with E-state index in [1.807, 2.05) is 58.1 Å². The van der Waals surface area contributed by atoms with E-state index in [9.17, 15) is 0 Å². The molecule has 0 bridgehead atoms. The van der Waals surface area contributed by atoms with E-state index >= 15 is 0 Å². The zero-order valence-electron chi connectivity index (χ0n) is 23.1. The van der Waals surface area contributed by atoms with Crippen molar-refractivity contribution in [1.29, 1.82) is 0 Å². The van der Waals surface area contributed by atoms with Crippen molar-refractivity contribution in [2.45, 2.75) is 47.5 Å². The molecule has 192 valence electrons. The zero-order chi connectivity index (χ0) is 27.2. The van der Waals surface area contributed by atoms with Crippen LogP contribution in [-0.4, -0.2) is 15.2 Å². The highest BCUT2D eigenvalue weighted by Gasteiger charge is 2.10. The van der Waals surface area contributed by atoms with Crippen LogP contribution in [0.4, 0.5) is 0 Å². The number of hydrogen-bond donors (Lipinski definition) is 2. The maximum atomic E-state index is 4.62. The summed E-state index contributed by atoms with van der Waals surface area (Å²) >= 11 is 0. The molecule has 3 heteroatoms. The molecule has 0 unspecified atom stereocenters. The summed E-state index contributed by atoms with van der Waals surface area (Å²) in [7, 11) is 0. The van der Waals surface area contributed by atoms with E-state index in [0.29, 0.717) is 0 Å². The molecule has 0 aliphatic carbocycles. The Morgan fingerprint density at radius 3 is 2.43 bits per heavy atom. The molecule has 3 aromatic rings. The van der Waals surface area contributed by atoms with Gasteiger partial charge in [0.2, 0.25) is 0 Å². The van der Waals surface area contributed by atoms with Crippen molar-refractivity contribution >= 4 is 18.2 Å². The number of aromatic amines is 2. The summed E-state index contributed by atoms with van der Waals surface area (Å²) in [6.07, 6.45) is 18.0. The van der Waals surface area contributed by atoms with Crippen LogP contribution in [0.25, 0.3) is 29.6 Å². The molecule has 0 aliphatic rings. The first-order valence-electron chi connectivity index (χ1n) is 12.9. The largest absolute Gasteiger partial charge is 0.357 e. The fraction of sp³-hybridized carbons (Fsp3) is 0.206. The molecular formula is C34H41N3. The normalized spacial score (nSPS) is 13.0. The number of hydrogen-bond acceptors (Lipinski definition) is 1. The van der Waals surface area contributed by atoms with Gasteiger partial charge in [-0.25, -0.2) is 0 Å². The van der Waals surface area contributed by atoms with Gasteiger partial charge >= 0.3 is 0 Å². The van der Waals surface area contributed by atoms with Crippen molar-refractivity contribution in [3.63, 3.8) is 0 Å². The second-order valence-electron chi connectivity index (χ2n) is 8.37. The molecule has 3 nitrogen and oxygen atoms in total. The molecule has 0 spiro atoms. The van der Waals surface area contributed by atoms with Gasteiger partial charge < -0.3 is 4.98 Å². The molecular weight excluding hydrogens is 450 g/mol. The first kappa shape index (κ1) is 29.1. The maximum absolute atomic E-state index is 4.62. The minimum Gasteiger partial charge on any atom is -0.357 e. The van der Waals surface area contributed by atoms with Crippen LogP contribution in [0.15, 0.2) is 103 Å². The van der Waals surface area contributed by atoms with E-state index in [2.05, 4.69) is 90.4 Å². The molecule has 0 aliphatic heterocycles. The van der Waals surface area contributed by atoms with Crippen LogP contribution in [0.5, 0.6) is 0 Å². The van der Waals surface area contributed by atoms with Crippen molar-refractivity contribution in [2.24, 2.45) is 0 Å². The van der Waals surface area contributed by atoms with Gasteiger partial charge in [0.15, 0.2) is 0 Å². The van der Waals surface area contributed by atoms with Crippen molar-refractivity contribution in [3.05, 3.63) is 131 Å². The summed E-state index contributed by atoms with van der Waals surface area (Å²) in [6, 6.07) is 12.6. The lowest BCUT2D eigenvalue weighted by Gasteiger charge is -2.07. The predicted molar refractivity (Wildman–Crippen MR) is 163 cm³/mol. The number of aromatic nitrogens is 3. The number of nitrogens with one attached hydrogen (secondary N) is 2. The van der Waals surface area contributed by atoms with Gasteiger partial charge in [0.05, 0.1) is 11.0 Å². The van der Waals surface area contributed by atoms with E-state index in [-0.39, 0.29) is 0 Å². The summed E-state index contributed by atoms with van der Waals surface area (Å²) in [5, 5.41) is 9.75.